The van der Waals surface area contributed by atoms with E-state index in [1.165, 1.54) is 12.3 Å². The normalized spacial score (nSPS) is 19.1. The zero-order chi connectivity index (χ0) is 13.9. The summed E-state index contributed by atoms with van der Waals surface area (Å²) in [6.45, 7) is 7.52. The number of H-pyrrole nitrogens is 1. The van der Waals surface area contributed by atoms with Crippen molar-refractivity contribution < 1.29 is 8.42 Å². The highest BCUT2D eigenvalue weighted by Crippen LogP contribution is 2.21. The van der Waals surface area contributed by atoms with E-state index in [-0.39, 0.29) is 5.03 Å². The molecule has 0 amide bonds. The largest absolute Gasteiger partial charge is 0.301 e. The fourth-order valence-corrected chi connectivity index (χ4v) is 4.08. The second kappa shape index (κ2) is 6.02. The van der Waals surface area contributed by atoms with E-state index in [1.54, 1.807) is 4.31 Å². The maximum Gasteiger partial charge on any atom is 0.259 e. The Balaban J connectivity index is 2.01. The fourth-order valence-electron chi connectivity index (χ4n) is 2.71. The Hall–Kier alpha value is -0.920. The van der Waals surface area contributed by atoms with Crippen LogP contribution in [0, 0.1) is 0 Å². The van der Waals surface area contributed by atoms with Gasteiger partial charge in [0.1, 0.15) is 0 Å². The first-order valence-electron chi connectivity index (χ1n) is 6.83. The van der Waals surface area contributed by atoms with Gasteiger partial charge < -0.3 is 4.90 Å². The molecule has 7 heteroatoms. The molecule has 19 heavy (non-hydrogen) atoms. The van der Waals surface area contributed by atoms with Gasteiger partial charge in [0.05, 0.1) is 6.20 Å². The van der Waals surface area contributed by atoms with Crippen LogP contribution in [0.15, 0.2) is 17.3 Å². The van der Waals surface area contributed by atoms with Gasteiger partial charge in [0.15, 0.2) is 5.03 Å². The van der Waals surface area contributed by atoms with E-state index in [0.29, 0.717) is 19.1 Å². The molecule has 1 N–H and O–H groups in total. The molecule has 0 radical (unpaired) electrons. The van der Waals surface area contributed by atoms with Gasteiger partial charge in [0, 0.05) is 19.1 Å². The highest BCUT2D eigenvalue weighted by atomic mass is 32.2. The van der Waals surface area contributed by atoms with Crippen molar-refractivity contribution in [2.24, 2.45) is 0 Å². The first-order valence-corrected chi connectivity index (χ1v) is 8.27. The Bertz CT molecular complexity index is 474. The second-order valence-corrected chi connectivity index (χ2v) is 6.68. The third-order valence-electron chi connectivity index (χ3n) is 3.85. The second-order valence-electron chi connectivity index (χ2n) is 4.78. The molecule has 0 aromatic carbocycles. The Kier molecular flexibility index (Phi) is 4.59. The lowest BCUT2D eigenvalue weighted by atomic mass is 10.1. The van der Waals surface area contributed by atoms with Crippen LogP contribution in [0.2, 0.25) is 0 Å². The van der Waals surface area contributed by atoms with Crippen molar-refractivity contribution in [1.29, 1.82) is 0 Å². The van der Waals surface area contributed by atoms with Gasteiger partial charge in [-0.2, -0.15) is 9.40 Å². The minimum atomic E-state index is -3.38. The molecule has 0 aliphatic carbocycles. The Morgan fingerprint density at radius 3 is 2.47 bits per heavy atom. The standard InChI is InChI=1S/C12H22N4O2S/c1-3-15(4-2)11-6-9-16(10-7-11)19(17,18)12-5-8-13-14-12/h5,8,11H,3-4,6-7,9-10H2,1-2H3,(H,13,14). The summed E-state index contributed by atoms with van der Waals surface area (Å²) in [6.07, 6.45) is 3.26. The van der Waals surface area contributed by atoms with Crippen molar-refractivity contribution in [1.82, 2.24) is 19.4 Å². The van der Waals surface area contributed by atoms with E-state index in [0.717, 1.165) is 25.9 Å². The van der Waals surface area contributed by atoms with Crippen LogP contribution >= 0.6 is 0 Å². The van der Waals surface area contributed by atoms with Gasteiger partial charge in [-0.25, -0.2) is 8.42 Å². The van der Waals surface area contributed by atoms with E-state index in [2.05, 4.69) is 28.9 Å². The van der Waals surface area contributed by atoms with E-state index in [9.17, 15) is 8.42 Å². The van der Waals surface area contributed by atoms with Crippen LogP contribution in [-0.4, -0.2) is 60.0 Å². The maximum absolute atomic E-state index is 12.3. The van der Waals surface area contributed by atoms with E-state index in [1.807, 2.05) is 0 Å². The lowest BCUT2D eigenvalue weighted by molar-refractivity contribution is 0.152. The third kappa shape index (κ3) is 2.98. The molecular weight excluding hydrogens is 264 g/mol. The monoisotopic (exact) mass is 286 g/mol. The van der Waals surface area contributed by atoms with E-state index < -0.39 is 10.0 Å². The topological polar surface area (TPSA) is 69.3 Å². The van der Waals surface area contributed by atoms with Crippen molar-refractivity contribution in [2.45, 2.75) is 37.8 Å². The highest BCUT2D eigenvalue weighted by Gasteiger charge is 2.31. The minimum absolute atomic E-state index is 0.189. The van der Waals surface area contributed by atoms with Gasteiger partial charge >= 0.3 is 0 Å². The summed E-state index contributed by atoms with van der Waals surface area (Å²) in [4.78, 5) is 2.40. The number of hydrogen-bond donors (Lipinski definition) is 1. The van der Waals surface area contributed by atoms with Crippen molar-refractivity contribution in [3.05, 3.63) is 12.3 Å². The zero-order valence-corrected chi connectivity index (χ0v) is 12.4. The summed E-state index contributed by atoms with van der Waals surface area (Å²) >= 11 is 0. The molecule has 0 unspecified atom stereocenters. The Labute approximate surface area is 114 Å². The van der Waals surface area contributed by atoms with Gasteiger partial charge in [-0.1, -0.05) is 13.8 Å². The van der Waals surface area contributed by atoms with Crippen LogP contribution in [0.25, 0.3) is 0 Å². The summed E-state index contributed by atoms with van der Waals surface area (Å²) < 4.78 is 26.2. The number of rotatable bonds is 5. The van der Waals surface area contributed by atoms with Gasteiger partial charge in [-0.3, -0.25) is 5.10 Å². The van der Waals surface area contributed by atoms with Gasteiger partial charge in [0.25, 0.3) is 10.0 Å². The quantitative estimate of drug-likeness (QED) is 0.873. The molecule has 0 spiro atoms. The molecule has 1 aliphatic heterocycles. The first kappa shape index (κ1) is 14.5. The summed E-state index contributed by atoms with van der Waals surface area (Å²) in [5, 5.41) is 6.44. The molecule has 1 aliphatic rings. The minimum Gasteiger partial charge on any atom is -0.301 e. The molecular formula is C12H22N4O2S. The van der Waals surface area contributed by atoms with Gasteiger partial charge in [-0.15, -0.1) is 0 Å². The SMILES string of the molecule is CCN(CC)C1CCN(S(=O)(=O)c2ccn[nH]2)CC1. The van der Waals surface area contributed by atoms with Crippen LogP contribution in [0.3, 0.4) is 0 Å². The molecule has 0 saturated carbocycles. The average Bonchev–Trinajstić information content (AvgIpc) is 2.95. The highest BCUT2D eigenvalue weighted by molar-refractivity contribution is 7.89. The third-order valence-corrected chi connectivity index (χ3v) is 5.67. The lowest BCUT2D eigenvalue weighted by Gasteiger charge is -2.36. The van der Waals surface area contributed by atoms with Crippen LogP contribution in [-0.2, 0) is 10.0 Å². The fraction of sp³-hybridized carbons (Fsp3) is 0.750. The number of hydrogen-bond acceptors (Lipinski definition) is 4. The zero-order valence-electron chi connectivity index (χ0n) is 11.5. The van der Waals surface area contributed by atoms with Gasteiger partial charge in [0.2, 0.25) is 0 Å². The molecule has 0 bridgehead atoms. The molecule has 1 fully saturated rings. The number of sulfonamides is 1. The Morgan fingerprint density at radius 1 is 1.37 bits per heavy atom. The summed E-state index contributed by atoms with van der Waals surface area (Å²) in [5.41, 5.74) is 0. The summed E-state index contributed by atoms with van der Waals surface area (Å²) in [7, 11) is -3.38. The molecule has 1 saturated heterocycles. The molecule has 1 aromatic heterocycles. The number of aromatic amines is 1. The lowest BCUT2D eigenvalue weighted by Crippen LogP contribution is -2.46. The van der Waals surface area contributed by atoms with Crippen LogP contribution < -0.4 is 0 Å². The van der Waals surface area contributed by atoms with Crippen molar-refractivity contribution in [3.63, 3.8) is 0 Å². The molecule has 108 valence electrons. The van der Waals surface area contributed by atoms with E-state index >= 15 is 0 Å². The number of nitrogens with zero attached hydrogens (tertiary/aromatic N) is 3. The molecule has 1 aromatic rings. The summed E-state index contributed by atoms with van der Waals surface area (Å²) in [5.74, 6) is 0. The predicted octanol–water partition coefficient (Wildman–Crippen LogP) is 0.905. The Morgan fingerprint density at radius 2 is 2.00 bits per heavy atom. The smallest absolute Gasteiger partial charge is 0.259 e. The number of aromatic nitrogens is 2. The van der Waals surface area contributed by atoms with E-state index in [4.69, 9.17) is 0 Å². The van der Waals surface area contributed by atoms with Crippen molar-refractivity contribution in [2.75, 3.05) is 26.2 Å². The van der Waals surface area contributed by atoms with Crippen molar-refractivity contribution in [3.8, 4) is 0 Å². The molecule has 0 atom stereocenters. The average molecular weight is 286 g/mol. The van der Waals surface area contributed by atoms with Crippen LogP contribution in [0.5, 0.6) is 0 Å². The number of nitrogens with one attached hydrogen (secondary N) is 1. The van der Waals surface area contributed by atoms with Gasteiger partial charge in [-0.05, 0) is 32.0 Å². The first-order chi connectivity index (χ1) is 9.09. The predicted molar refractivity (Wildman–Crippen MR) is 73.3 cm³/mol. The number of piperidine rings is 1. The molecule has 2 rings (SSSR count). The van der Waals surface area contributed by atoms with Crippen LogP contribution in [0.1, 0.15) is 26.7 Å². The van der Waals surface area contributed by atoms with Crippen molar-refractivity contribution >= 4 is 10.0 Å². The summed E-state index contributed by atoms with van der Waals surface area (Å²) in [6, 6.07) is 2.01. The maximum atomic E-state index is 12.3. The van der Waals surface area contributed by atoms with Crippen LogP contribution in [0.4, 0.5) is 0 Å². The molecule has 2 heterocycles. The molecule has 6 nitrogen and oxygen atoms in total.